The molecule has 3 nitrogen and oxygen atoms in total. The first-order chi connectivity index (χ1) is 7.75. The highest BCUT2D eigenvalue weighted by molar-refractivity contribution is 4.91. The second-order valence-corrected chi connectivity index (χ2v) is 5.97. The summed E-state index contributed by atoms with van der Waals surface area (Å²) < 4.78 is 0. The van der Waals surface area contributed by atoms with Crippen molar-refractivity contribution < 1.29 is 5.11 Å². The van der Waals surface area contributed by atoms with Crippen molar-refractivity contribution in [1.29, 1.82) is 0 Å². The van der Waals surface area contributed by atoms with E-state index < -0.39 is 0 Å². The largest absolute Gasteiger partial charge is 0.389 e. The summed E-state index contributed by atoms with van der Waals surface area (Å²) in [7, 11) is 0. The van der Waals surface area contributed by atoms with Crippen LogP contribution in [0.25, 0.3) is 0 Å². The van der Waals surface area contributed by atoms with E-state index in [-0.39, 0.29) is 5.60 Å². The molecular weight excluding hydrogens is 200 g/mol. The molecule has 3 aliphatic rings. The van der Waals surface area contributed by atoms with Gasteiger partial charge >= 0.3 is 0 Å². The minimum absolute atomic E-state index is 0.345. The lowest BCUT2D eigenvalue weighted by atomic mass is 10.0. The van der Waals surface area contributed by atoms with Crippen molar-refractivity contribution >= 4 is 0 Å². The highest BCUT2D eigenvalue weighted by Crippen LogP contribution is 2.31. The molecule has 0 amide bonds. The molecular formula is C13H24N2O. The summed E-state index contributed by atoms with van der Waals surface area (Å²) in [6.07, 6.45) is 7.33. The monoisotopic (exact) mass is 224 g/mol. The third kappa shape index (κ3) is 2.41. The molecule has 0 aromatic rings. The average Bonchev–Trinajstić information content (AvgIpc) is 3.04. The Kier molecular flexibility index (Phi) is 2.94. The van der Waals surface area contributed by atoms with Gasteiger partial charge in [-0.15, -0.1) is 0 Å². The standard InChI is InChI=1S/C13H24N2O/c16-13(5-1-2-6-13)11-14-7-9-15(10-8-14)12-3-4-12/h12,16H,1-11H2. The summed E-state index contributed by atoms with van der Waals surface area (Å²) >= 11 is 0. The summed E-state index contributed by atoms with van der Waals surface area (Å²) in [5.41, 5.74) is -0.345. The molecule has 1 saturated heterocycles. The molecule has 1 heterocycles. The Morgan fingerprint density at radius 2 is 1.62 bits per heavy atom. The number of hydrogen-bond acceptors (Lipinski definition) is 3. The van der Waals surface area contributed by atoms with Crippen molar-refractivity contribution in [3.63, 3.8) is 0 Å². The normalized spacial score (nSPS) is 32.1. The second-order valence-electron chi connectivity index (χ2n) is 5.97. The van der Waals surface area contributed by atoms with E-state index >= 15 is 0 Å². The first-order valence-corrected chi connectivity index (χ1v) is 6.94. The van der Waals surface area contributed by atoms with Crippen molar-refractivity contribution in [2.75, 3.05) is 32.7 Å². The maximum absolute atomic E-state index is 10.4. The van der Waals surface area contributed by atoms with Gasteiger partial charge in [0.2, 0.25) is 0 Å². The van der Waals surface area contributed by atoms with Gasteiger partial charge in [-0.05, 0) is 25.7 Å². The van der Waals surface area contributed by atoms with Gasteiger partial charge in [0, 0.05) is 38.8 Å². The van der Waals surface area contributed by atoms with E-state index in [1.165, 1.54) is 51.9 Å². The third-order valence-electron chi connectivity index (χ3n) is 4.52. The SMILES string of the molecule is OC1(CN2CCN(C3CC3)CC2)CCCC1. The topological polar surface area (TPSA) is 26.7 Å². The van der Waals surface area contributed by atoms with Crippen molar-refractivity contribution in [3.8, 4) is 0 Å². The molecule has 0 aromatic carbocycles. The fourth-order valence-electron chi connectivity index (χ4n) is 3.33. The molecule has 0 atom stereocenters. The van der Waals surface area contributed by atoms with E-state index in [1.807, 2.05) is 0 Å². The minimum atomic E-state index is -0.345. The number of β-amino-alcohol motifs (C(OH)–C–C–N with tert-alkyl or cyclic N) is 1. The van der Waals surface area contributed by atoms with Gasteiger partial charge in [0.1, 0.15) is 0 Å². The molecule has 16 heavy (non-hydrogen) atoms. The van der Waals surface area contributed by atoms with Crippen LogP contribution in [0, 0.1) is 0 Å². The van der Waals surface area contributed by atoms with E-state index in [2.05, 4.69) is 9.80 Å². The van der Waals surface area contributed by atoms with E-state index in [4.69, 9.17) is 0 Å². The van der Waals surface area contributed by atoms with Crippen LogP contribution in [0.1, 0.15) is 38.5 Å². The van der Waals surface area contributed by atoms with Crippen LogP contribution < -0.4 is 0 Å². The van der Waals surface area contributed by atoms with Crippen LogP contribution >= 0.6 is 0 Å². The maximum atomic E-state index is 10.4. The van der Waals surface area contributed by atoms with Crippen LogP contribution in [-0.4, -0.2) is 59.3 Å². The number of hydrogen-bond donors (Lipinski definition) is 1. The van der Waals surface area contributed by atoms with E-state index in [0.29, 0.717) is 0 Å². The van der Waals surface area contributed by atoms with Gasteiger partial charge in [0.05, 0.1) is 5.60 Å². The summed E-state index contributed by atoms with van der Waals surface area (Å²) in [4.78, 5) is 5.11. The zero-order valence-corrected chi connectivity index (χ0v) is 10.2. The Morgan fingerprint density at radius 1 is 1.00 bits per heavy atom. The fourth-order valence-corrected chi connectivity index (χ4v) is 3.33. The van der Waals surface area contributed by atoms with Crippen LogP contribution in [0.15, 0.2) is 0 Å². The fraction of sp³-hybridized carbons (Fsp3) is 1.00. The highest BCUT2D eigenvalue weighted by atomic mass is 16.3. The van der Waals surface area contributed by atoms with Gasteiger partial charge < -0.3 is 5.11 Å². The third-order valence-corrected chi connectivity index (χ3v) is 4.52. The smallest absolute Gasteiger partial charge is 0.0774 e. The van der Waals surface area contributed by atoms with Gasteiger partial charge in [-0.25, -0.2) is 0 Å². The Bertz CT molecular complexity index is 238. The minimum Gasteiger partial charge on any atom is -0.389 e. The molecule has 0 radical (unpaired) electrons. The summed E-state index contributed by atoms with van der Waals surface area (Å²) in [5.74, 6) is 0. The average molecular weight is 224 g/mol. The number of rotatable bonds is 3. The lowest BCUT2D eigenvalue weighted by Crippen LogP contribution is -2.51. The Labute approximate surface area is 98.4 Å². The van der Waals surface area contributed by atoms with E-state index in [9.17, 15) is 5.11 Å². The molecule has 2 aliphatic carbocycles. The molecule has 2 saturated carbocycles. The lowest BCUT2D eigenvalue weighted by molar-refractivity contribution is -0.00531. The van der Waals surface area contributed by atoms with Gasteiger partial charge in [-0.2, -0.15) is 0 Å². The summed E-state index contributed by atoms with van der Waals surface area (Å²) in [5, 5.41) is 10.4. The Morgan fingerprint density at radius 3 is 2.19 bits per heavy atom. The first kappa shape index (κ1) is 11.0. The predicted molar refractivity (Wildman–Crippen MR) is 64.5 cm³/mol. The molecule has 1 aliphatic heterocycles. The van der Waals surface area contributed by atoms with E-state index in [1.54, 1.807) is 0 Å². The second kappa shape index (κ2) is 4.28. The maximum Gasteiger partial charge on any atom is 0.0774 e. The quantitative estimate of drug-likeness (QED) is 0.777. The molecule has 0 spiro atoms. The molecule has 0 aromatic heterocycles. The van der Waals surface area contributed by atoms with Gasteiger partial charge in [-0.1, -0.05) is 12.8 Å². The van der Waals surface area contributed by atoms with Gasteiger partial charge in [-0.3, -0.25) is 9.80 Å². The first-order valence-electron chi connectivity index (χ1n) is 6.94. The number of nitrogens with zero attached hydrogens (tertiary/aromatic N) is 2. The Balaban J connectivity index is 1.46. The summed E-state index contributed by atoms with van der Waals surface area (Å²) in [6.45, 7) is 5.70. The van der Waals surface area contributed by atoms with Crippen molar-refractivity contribution in [2.45, 2.75) is 50.2 Å². The zero-order valence-electron chi connectivity index (χ0n) is 10.2. The van der Waals surface area contributed by atoms with Gasteiger partial charge in [0.15, 0.2) is 0 Å². The van der Waals surface area contributed by atoms with Crippen molar-refractivity contribution in [3.05, 3.63) is 0 Å². The molecule has 3 fully saturated rings. The van der Waals surface area contributed by atoms with Crippen molar-refractivity contribution in [2.24, 2.45) is 0 Å². The van der Waals surface area contributed by atoms with Crippen LogP contribution in [0.4, 0.5) is 0 Å². The van der Waals surface area contributed by atoms with Crippen LogP contribution in [-0.2, 0) is 0 Å². The molecule has 1 N–H and O–H groups in total. The number of piperazine rings is 1. The Hall–Kier alpha value is -0.120. The zero-order chi connectivity index (χ0) is 11.0. The molecule has 0 bridgehead atoms. The van der Waals surface area contributed by atoms with Crippen LogP contribution in [0.5, 0.6) is 0 Å². The summed E-state index contributed by atoms with van der Waals surface area (Å²) in [6, 6.07) is 0.914. The predicted octanol–water partition coefficient (Wildman–Crippen LogP) is 1.07. The van der Waals surface area contributed by atoms with Gasteiger partial charge in [0.25, 0.3) is 0 Å². The van der Waals surface area contributed by atoms with E-state index in [0.717, 1.165) is 25.4 Å². The highest BCUT2D eigenvalue weighted by Gasteiger charge is 2.36. The van der Waals surface area contributed by atoms with Crippen LogP contribution in [0.3, 0.4) is 0 Å². The molecule has 0 unspecified atom stereocenters. The lowest BCUT2D eigenvalue weighted by Gasteiger charge is -2.38. The number of aliphatic hydroxyl groups is 1. The van der Waals surface area contributed by atoms with Crippen LogP contribution in [0.2, 0.25) is 0 Å². The molecule has 92 valence electrons. The molecule has 3 heteroatoms. The molecule has 3 rings (SSSR count). The van der Waals surface area contributed by atoms with Crippen molar-refractivity contribution in [1.82, 2.24) is 9.80 Å².